The molecule has 0 aromatic carbocycles. The van der Waals surface area contributed by atoms with Crippen molar-refractivity contribution in [2.24, 2.45) is 0 Å². The lowest BCUT2D eigenvalue weighted by Gasteiger charge is -2.47. The van der Waals surface area contributed by atoms with Crippen molar-refractivity contribution in [3.8, 4) is 0 Å². The van der Waals surface area contributed by atoms with Gasteiger partial charge in [0.2, 0.25) is 5.28 Å². The fourth-order valence-corrected chi connectivity index (χ4v) is 6.30. The minimum absolute atomic E-state index is 0.247. The van der Waals surface area contributed by atoms with Crippen molar-refractivity contribution < 1.29 is 19.0 Å². The van der Waals surface area contributed by atoms with Gasteiger partial charge in [-0.1, -0.05) is 0 Å². The average Bonchev–Trinajstić information content (AvgIpc) is 3.22. The monoisotopic (exact) mass is 523 g/mol. The van der Waals surface area contributed by atoms with E-state index in [1.165, 1.54) is 4.88 Å². The fraction of sp³-hybridized carbons (Fsp3) is 0.708. The SMILES string of the molecule is CC(C)(C)OC(=O)N1CCOC2(CCN(Cc3cc4nc(Cl)nc(N5CCOCC5)c4s3)CC2)C1. The molecule has 5 rings (SSSR count). The van der Waals surface area contributed by atoms with Crippen LogP contribution in [-0.2, 0) is 20.8 Å². The van der Waals surface area contributed by atoms with E-state index in [0.717, 1.165) is 61.6 Å². The van der Waals surface area contributed by atoms with E-state index in [0.29, 0.717) is 32.9 Å². The standard InChI is InChI=1S/C24H34ClN5O4S/c1-23(2,3)34-22(31)30-10-13-33-24(16-30)4-6-28(7-5-24)15-17-14-18-19(35-17)20(27-21(25)26-18)29-8-11-32-12-9-29/h14H,4-13,15-16H2,1-3H3. The number of anilines is 1. The Morgan fingerprint density at radius 2 is 1.89 bits per heavy atom. The predicted octanol–water partition coefficient (Wildman–Crippen LogP) is 3.78. The fourth-order valence-electron chi connectivity index (χ4n) is 4.97. The molecular formula is C24H34ClN5O4S. The van der Waals surface area contributed by atoms with Gasteiger partial charge in [-0.3, -0.25) is 4.90 Å². The molecule has 0 atom stereocenters. The second-order valence-electron chi connectivity index (χ2n) is 10.6. The van der Waals surface area contributed by atoms with Gasteiger partial charge in [0, 0.05) is 44.1 Å². The van der Waals surface area contributed by atoms with Gasteiger partial charge >= 0.3 is 6.09 Å². The van der Waals surface area contributed by atoms with Crippen molar-refractivity contribution in [1.29, 1.82) is 0 Å². The van der Waals surface area contributed by atoms with Crippen LogP contribution in [0.2, 0.25) is 5.28 Å². The number of ether oxygens (including phenoxy) is 3. The number of carbonyl (C=O) groups is 1. The number of likely N-dealkylation sites (tertiary alicyclic amines) is 1. The molecule has 11 heteroatoms. The van der Waals surface area contributed by atoms with E-state index in [-0.39, 0.29) is 17.0 Å². The molecule has 0 bridgehead atoms. The topological polar surface area (TPSA) is 80.3 Å². The second kappa shape index (κ2) is 9.97. The maximum absolute atomic E-state index is 12.6. The molecule has 2 aromatic rings. The lowest BCUT2D eigenvalue weighted by atomic mass is 9.89. The van der Waals surface area contributed by atoms with Crippen molar-refractivity contribution in [3.05, 3.63) is 16.2 Å². The summed E-state index contributed by atoms with van der Waals surface area (Å²) in [4.78, 5) is 29.4. The normalized spacial score (nSPS) is 21.6. The molecule has 35 heavy (non-hydrogen) atoms. The Balaban J connectivity index is 1.23. The van der Waals surface area contributed by atoms with E-state index in [4.69, 9.17) is 25.8 Å². The lowest BCUT2D eigenvalue weighted by molar-refractivity contribution is -0.134. The number of piperidine rings is 1. The van der Waals surface area contributed by atoms with Gasteiger partial charge in [0.05, 0.1) is 42.2 Å². The summed E-state index contributed by atoms with van der Waals surface area (Å²) in [5, 5.41) is 0.284. The molecule has 2 aromatic heterocycles. The molecule has 0 N–H and O–H groups in total. The zero-order chi connectivity index (χ0) is 24.6. The highest BCUT2D eigenvalue weighted by molar-refractivity contribution is 7.19. The first-order valence-electron chi connectivity index (χ1n) is 12.3. The van der Waals surface area contributed by atoms with E-state index in [2.05, 4.69) is 25.8 Å². The minimum Gasteiger partial charge on any atom is -0.444 e. The molecule has 5 heterocycles. The molecule has 3 fully saturated rings. The molecule has 1 amide bonds. The number of carbonyl (C=O) groups excluding carboxylic acids is 1. The number of halogens is 1. The number of fused-ring (bicyclic) bond motifs is 1. The van der Waals surface area contributed by atoms with Crippen molar-refractivity contribution >= 4 is 45.1 Å². The zero-order valence-corrected chi connectivity index (χ0v) is 22.3. The molecule has 3 saturated heterocycles. The average molecular weight is 524 g/mol. The highest BCUT2D eigenvalue weighted by Crippen LogP contribution is 2.36. The van der Waals surface area contributed by atoms with Crippen LogP contribution in [0.25, 0.3) is 10.2 Å². The quantitative estimate of drug-likeness (QED) is 0.562. The number of nitrogens with zero attached hydrogens (tertiary/aromatic N) is 5. The molecular weight excluding hydrogens is 490 g/mol. The number of aromatic nitrogens is 2. The highest BCUT2D eigenvalue weighted by Gasteiger charge is 2.42. The summed E-state index contributed by atoms with van der Waals surface area (Å²) in [5.41, 5.74) is 0.129. The predicted molar refractivity (Wildman–Crippen MR) is 136 cm³/mol. The largest absolute Gasteiger partial charge is 0.444 e. The highest BCUT2D eigenvalue weighted by atomic mass is 35.5. The zero-order valence-electron chi connectivity index (χ0n) is 20.7. The van der Waals surface area contributed by atoms with E-state index in [1.54, 1.807) is 11.3 Å². The van der Waals surface area contributed by atoms with E-state index in [9.17, 15) is 4.79 Å². The Kier molecular flexibility index (Phi) is 7.11. The van der Waals surface area contributed by atoms with Crippen LogP contribution in [-0.4, -0.2) is 96.2 Å². The van der Waals surface area contributed by atoms with Crippen molar-refractivity contribution in [1.82, 2.24) is 19.8 Å². The number of amides is 1. The Hall–Kier alpha value is -1.72. The smallest absolute Gasteiger partial charge is 0.410 e. The van der Waals surface area contributed by atoms with Gasteiger partial charge in [0.1, 0.15) is 5.60 Å². The number of rotatable bonds is 3. The summed E-state index contributed by atoms with van der Waals surface area (Å²) in [7, 11) is 0. The van der Waals surface area contributed by atoms with Crippen molar-refractivity contribution in [3.63, 3.8) is 0 Å². The van der Waals surface area contributed by atoms with Gasteiger partial charge in [-0.05, 0) is 51.3 Å². The summed E-state index contributed by atoms with van der Waals surface area (Å²) in [6.45, 7) is 13.1. The van der Waals surface area contributed by atoms with Crippen LogP contribution in [0.15, 0.2) is 6.07 Å². The van der Waals surface area contributed by atoms with Crippen LogP contribution < -0.4 is 4.90 Å². The van der Waals surface area contributed by atoms with Gasteiger partial charge < -0.3 is 24.0 Å². The third-order valence-corrected chi connectivity index (χ3v) is 8.01. The summed E-state index contributed by atoms with van der Waals surface area (Å²) < 4.78 is 18.4. The first kappa shape index (κ1) is 25.0. The Morgan fingerprint density at radius 3 is 2.60 bits per heavy atom. The molecule has 0 radical (unpaired) electrons. The van der Waals surface area contributed by atoms with Crippen LogP contribution >= 0.6 is 22.9 Å². The van der Waals surface area contributed by atoms with Crippen LogP contribution in [0.4, 0.5) is 10.6 Å². The van der Waals surface area contributed by atoms with Crippen molar-refractivity contribution in [2.45, 2.75) is 51.4 Å². The summed E-state index contributed by atoms with van der Waals surface area (Å²) in [6, 6.07) is 2.14. The summed E-state index contributed by atoms with van der Waals surface area (Å²) in [5.74, 6) is 0.912. The lowest BCUT2D eigenvalue weighted by Crippen LogP contribution is -2.58. The number of hydrogen-bond donors (Lipinski definition) is 0. The number of thiophene rings is 1. The van der Waals surface area contributed by atoms with Gasteiger partial charge in [-0.15, -0.1) is 11.3 Å². The molecule has 0 unspecified atom stereocenters. The van der Waals surface area contributed by atoms with E-state index in [1.807, 2.05) is 25.7 Å². The third kappa shape index (κ3) is 5.83. The second-order valence-corrected chi connectivity index (χ2v) is 12.0. The van der Waals surface area contributed by atoms with Gasteiger partial charge in [-0.25, -0.2) is 9.78 Å². The molecule has 0 aliphatic carbocycles. The van der Waals surface area contributed by atoms with Crippen LogP contribution in [0, 0.1) is 0 Å². The molecule has 3 aliphatic rings. The van der Waals surface area contributed by atoms with Gasteiger partial charge in [0.25, 0.3) is 0 Å². The van der Waals surface area contributed by atoms with Crippen LogP contribution in [0.1, 0.15) is 38.5 Å². The molecule has 0 saturated carbocycles. The molecule has 9 nitrogen and oxygen atoms in total. The molecule has 1 spiro atoms. The first-order valence-corrected chi connectivity index (χ1v) is 13.5. The summed E-state index contributed by atoms with van der Waals surface area (Å²) in [6.07, 6.45) is 1.53. The Morgan fingerprint density at radius 1 is 1.14 bits per heavy atom. The Labute approximate surface area is 215 Å². The third-order valence-electron chi connectivity index (χ3n) is 6.73. The molecule has 192 valence electrons. The number of hydrogen-bond acceptors (Lipinski definition) is 9. The van der Waals surface area contributed by atoms with Crippen LogP contribution in [0.5, 0.6) is 0 Å². The number of morpholine rings is 2. The maximum atomic E-state index is 12.6. The minimum atomic E-state index is -0.494. The summed E-state index contributed by atoms with van der Waals surface area (Å²) >= 11 is 8.01. The van der Waals surface area contributed by atoms with Crippen LogP contribution in [0.3, 0.4) is 0 Å². The van der Waals surface area contributed by atoms with E-state index < -0.39 is 5.60 Å². The van der Waals surface area contributed by atoms with Gasteiger partial charge in [-0.2, -0.15) is 4.98 Å². The first-order chi connectivity index (χ1) is 16.7. The van der Waals surface area contributed by atoms with E-state index >= 15 is 0 Å². The van der Waals surface area contributed by atoms with Crippen molar-refractivity contribution in [2.75, 3.05) is 64.0 Å². The maximum Gasteiger partial charge on any atom is 0.410 e. The molecule has 3 aliphatic heterocycles. The Bertz CT molecular complexity index is 1060. The van der Waals surface area contributed by atoms with Gasteiger partial charge in [0.15, 0.2) is 5.82 Å².